The summed E-state index contributed by atoms with van der Waals surface area (Å²) in [7, 11) is 0. The third kappa shape index (κ3) is 3.26. The number of oxime groups is 1. The normalized spacial score (nSPS) is 17.3. The molecule has 0 N–H and O–H groups in total. The summed E-state index contributed by atoms with van der Waals surface area (Å²) in [5.74, 6) is -0.0612. The van der Waals surface area contributed by atoms with Gasteiger partial charge in [0.2, 0.25) is 0 Å². The average Bonchev–Trinajstić information content (AvgIpc) is 2.94. The van der Waals surface area contributed by atoms with Gasteiger partial charge in [-0.1, -0.05) is 47.6 Å². The zero-order valence-corrected chi connectivity index (χ0v) is 12.0. The summed E-state index contributed by atoms with van der Waals surface area (Å²) in [6, 6.07) is 9.84. The maximum absolute atomic E-state index is 12.4. The Hall–Kier alpha value is -2.10. The number of amides is 1. The number of carbonyl (C=O) groups is 1. The first kappa shape index (κ1) is 14.3. The van der Waals surface area contributed by atoms with Gasteiger partial charge in [0.05, 0.1) is 0 Å². The Kier molecular flexibility index (Phi) is 4.56. The maximum atomic E-state index is 12.4. The molecule has 0 radical (unpaired) electrons. The van der Waals surface area contributed by atoms with Crippen molar-refractivity contribution >= 4 is 11.6 Å². The SMILES string of the molecule is C=C(C)CN(CC)C(=O)C1=NO[C@@H](c2ccccc2)C1. The summed E-state index contributed by atoms with van der Waals surface area (Å²) in [5.41, 5.74) is 2.49. The van der Waals surface area contributed by atoms with E-state index in [0.717, 1.165) is 11.1 Å². The average molecular weight is 272 g/mol. The van der Waals surface area contributed by atoms with E-state index in [1.807, 2.05) is 44.2 Å². The van der Waals surface area contributed by atoms with Gasteiger partial charge in [-0.3, -0.25) is 4.79 Å². The van der Waals surface area contributed by atoms with Crippen molar-refractivity contribution in [3.8, 4) is 0 Å². The molecular formula is C16H20N2O2. The van der Waals surface area contributed by atoms with Gasteiger partial charge in [-0.2, -0.15) is 0 Å². The van der Waals surface area contributed by atoms with Gasteiger partial charge in [-0.15, -0.1) is 0 Å². The van der Waals surface area contributed by atoms with E-state index in [-0.39, 0.29) is 12.0 Å². The summed E-state index contributed by atoms with van der Waals surface area (Å²) >= 11 is 0. The van der Waals surface area contributed by atoms with Gasteiger partial charge in [0.15, 0.2) is 6.10 Å². The highest BCUT2D eigenvalue weighted by molar-refractivity contribution is 6.39. The van der Waals surface area contributed by atoms with E-state index in [2.05, 4.69) is 11.7 Å². The number of nitrogens with zero attached hydrogens (tertiary/aromatic N) is 2. The number of likely N-dealkylation sites (N-methyl/N-ethyl adjacent to an activating group) is 1. The summed E-state index contributed by atoms with van der Waals surface area (Å²) in [6.45, 7) is 8.91. The van der Waals surface area contributed by atoms with E-state index in [1.165, 1.54) is 0 Å². The minimum Gasteiger partial charge on any atom is -0.387 e. The maximum Gasteiger partial charge on any atom is 0.272 e. The zero-order valence-electron chi connectivity index (χ0n) is 12.0. The van der Waals surface area contributed by atoms with Gasteiger partial charge < -0.3 is 9.74 Å². The van der Waals surface area contributed by atoms with Crippen molar-refractivity contribution in [2.24, 2.45) is 5.16 Å². The van der Waals surface area contributed by atoms with Gasteiger partial charge in [-0.05, 0) is 19.4 Å². The molecule has 1 aliphatic rings. The minimum atomic E-state index is -0.154. The second-order valence-corrected chi connectivity index (χ2v) is 5.02. The number of hydrogen-bond donors (Lipinski definition) is 0. The van der Waals surface area contributed by atoms with Crippen LogP contribution in [0.3, 0.4) is 0 Å². The molecule has 1 aromatic carbocycles. The summed E-state index contributed by atoms with van der Waals surface area (Å²) < 4.78 is 0. The largest absolute Gasteiger partial charge is 0.387 e. The van der Waals surface area contributed by atoms with Crippen molar-refractivity contribution in [2.45, 2.75) is 26.4 Å². The van der Waals surface area contributed by atoms with Crippen molar-refractivity contribution in [3.63, 3.8) is 0 Å². The number of hydrogen-bond acceptors (Lipinski definition) is 3. The molecule has 0 spiro atoms. The van der Waals surface area contributed by atoms with Crippen LogP contribution in [0.2, 0.25) is 0 Å². The fourth-order valence-electron chi connectivity index (χ4n) is 2.19. The Morgan fingerprint density at radius 1 is 1.45 bits per heavy atom. The molecule has 2 rings (SSSR count). The van der Waals surface area contributed by atoms with Crippen molar-refractivity contribution in [1.29, 1.82) is 0 Å². The van der Waals surface area contributed by atoms with Crippen LogP contribution in [0.25, 0.3) is 0 Å². The highest BCUT2D eigenvalue weighted by atomic mass is 16.6. The van der Waals surface area contributed by atoms with Crippen LogP contribution in [-0.2, 0) is 9.63 Å². The molecule has 0 bridgehead atoms. The Balaban J connectivity index is 2.01. The molecule has 0 saturated carbocycles. The number of benzene rings is 1. The van der Waals surface area contributed by atoms with Gasteiger partial charge >= 0.3 is 0 Å². The van der Waals surface area contributed by atoms with E-state index in [0.29, 0.717) is 25.2 Å². The number of carbonyl (C=O) groups excluding carboxylic acids is 1. The second-order valence-electron chi connectivity index (χ2n) is 5.02. The molecule has 4 nitrogen and oxygen atoms in total. The molecule has 0 saturated heterocycles. The van der Waals surface area contributed by atoms with Crippen molar-refractivity contribution in [2.75, 3.05) is 13.1 Å². The monoisotopic (exact) mass is 272 g/mol. The molecular weight excluding hydrogens is 252 g/mol. The lowest BCUT2D eigenvalue weighted by Gasteiger charge is -2.20. The first-order valence-corrected chi connectivity index (χ1v) is 6.83. The Bertz CT molecular complexity index is 523. The number of rotatable bonds is 5. The molecule has 0 aromatic heterocycles. The third-order valence-corrected chi connectivity index (χ3v) is 3.22. The molecule has 1 aromatic rings. The van der Waals surface area contributed by atoms with Crippen molar-refractivity contribution in [3.05, 3.63) is 48.0 Å². The highest BCUT2D eigenvalue weighted by Crippen LogP contribution is 2.27. The van der Waals surface area contributed by atoms with Gasteiger partial charge in [0, 0.05) is 19.5 Å². The molecule has 20 heavy (non-hydrogen) atoms. The molecule has 0 fully saturated rings. The quantitative estimate of drug-likeness (QED) is 0.773. The van der Waals surface area contributed by atoms with Gasteiger partial charge in [0.1, 0.15) is 5.71 Å². The first-order chi connectivity index (χ1) is 9.61. The van der Waals surface area contributed by atoms with Crippen LogP contribution in [0, 0.1) is 0 Å². The zero-order chi connectivity index (χ0) is 14.5. The topological polar surface area (TPSA) is 41.9 Å². The van der Waals surface area contributed by atoms with Crippen LogP contribution in [-0.4, -0.2) is 29.6 Å². The molecule has 106 valence electrons. The fraction of sp³-hybridized carbons (Fsp3) is 0.375. The predicted octanol–water partition coefficient (Wildman–Crippen LogP) is 2.93. The Morgan fingerprint density at radius 3 is 2.75 bits per heavy atom. The lowest BCUT2D eigenvalue weighted by molar-refractivity contribution is -0.123. The van der Waals surface area contributed by atoms with E-state index >= 15 is 0 Å². The fourth-order valence-corrected chi connectivity index (χ4v) is 2.19. The summed E-state index contributed by atoms with van der Waals surface area (Å²) in [6.07, 6.45) is 0.369. The lowest BCUT2D eigenvalue weighted by atomic mass is 10.0. The highest BCUT2D eigenvalue weighted by Gasteiger charge is 2.29. The third-order valence-electron chi connectivity index (χ3n) is 3.22. The molecule has 0 aliphatic carbocycles. The van der Waals surface area contributed by atoms with Crippen LogP contribution in [0.15, 0.2) is 47.6 Å². The molecule has 1 amide bonds. The van der Waals surface area contributed by atoms with Crippen LogP contribution >= 0.6 is 0 Å². The van der Waals surface area contributed by atoms with Crippen LogP contribution in [0.5, 0.6) is 0 Å². The van der Waals surface area contributed by atoms with Crippen LogP contribution < -0.4 is 0 Å². The Labute approximate surface area is 119 Å². The molecule has 0 unspecified atom stereocenters. The van der Waals surface area contributed by atoms with E-state index in [4.69, 9.17) is 4.84 Å². The minimum absolute atomic E-state index is 0.0612. The van der Waals surface area contributed by atoms with Gasteiger partial charge in [0.25, 0.3) is 5.91 Å². The first-order valence-electron chi connectivity index (χ1n) is 6.83. The van der Waals surface area contributed by atoms with Crippen molar-refractivity contribution in [1.82, 2.24) is 4.90 Å². The van der Waals surface area contributed by atoms with E-state index in [9.17, 15) is 4.79 Å². The van der Waals surface area contributed by atoms with Crippen LogP contribution in [0.4, 0.5) is 0 Å². The standard InChI is InChI=1S/C16H20N2O2/c1-4-18(11-12(2)3)16(19)14-10-15(20-17-14)13-8-6-5-7-9-13/h5-9,15H,2,4,10-11H2,1,3H3/t15-/m1/s1. The van der Waals surface area contributed by atoms with E-state index in [1.54, 1.807) is 4.90 Å². The lowest BCUT2D eigenvalue weighted by Crippen LogP contribution is -2.37. The summed E-state index contributed by atoms with van der Waals surface area (Å²) in [4.78, 5) is 19.5. The molecule has 1 atom stereocenters. The second kappa shape index (κ2) is 6.37. The molecule has 4 heteroatoms. The smallest absolute Gasteiger partial charge is 0.272 e. The van der Waals surface area contributed by atoms with Crippen LogP contribution in [0.1, 0.15) is 31.9 Å². The summed E-state index contributed by atoms with van der Waals surface area (Å²) in [5, 5.41) is 3.97. The van der Waals surface area contributed by atoms with Gasteiger partial charge in [-0.25, -0.2) is 0 Å². The predicted molar refractivity (Wildman–Crippen MR) is 79.4 cm³/mol. The molecule has 1 heterocycles. The Morgan fingerprint density at radius 2 is 2.15 bits per heavy atom. The van der Waals surface area contributed by atoms with Crippen molar-refractivity contribution < 1.29 is 9.63 Å². The van der Waals surface area contributed by atoms with E-state index < -0.39 is 0 Å². The molecule has 1 aliphatic heterocycles.